The molecule has 0 saturated carbocycles. The van der Waals surface area contributed by atoms with Gasteiger partial charge in [0.05, 0.1) is 0 Å². The summed E-state index contributed by atoms with van der Waals surface area (Å²) in [6, 6.07) is 6.25. The first-order valence-electron chi connectivity index (χ1n) is 11.1. The van der Waals surface area contributed by atoms with E-state index in [9.17, 15) is 14.4 Å². The van der Waals surface area contributed by atoms with Crippen LogP contribution in [0, 0.1) is 0 Å². The molecule has 166 valence electrons. The van der Waals surface area contributed by atoms with E-state index in [2.05, 4.69) is 16.7 Å². The summed E-state index contributed by atoms with van der Waals surface area (Å²) in [5.41, 5.74) is 3.03. The molecule has 2 aliphatic heterocycles. The number of hydrogen-bond donors (Lipinski definition) is 2. The molecule has 1 aliphatic carbocycles. The van der Waals surface area contributed by atoms with Gasteiger partial charge in [-0.2, -0.15) is 0 Å². The molecule has 3 amide bonds. The molecule has 0 spiro atoms. The van der Waals surface area contributed by atoms with Crippen molar-refractivity contribution in [1.82, 2.24) is 15.5 Å². The zero-order chi connectivity index (χ0) is 22.2. The van der Waals surface area contributed by atoms with Gasteiger partial charge in [-0.15, -0.1) is 11.8 Å². The Kier molecular flexibility index (Phi) is 6.15. The Labute approximate surface area is 188 Å². The Hall–Kier alpha value is -2.28. The summed E-state index contributed by atoms with van der Waals surface area (Å²) in [5.74, 6) is -0.587. The molecule has 3 aliphatic rings. The molecule has 31 heavy (non-hydrogen) atoms. The first-order valence-corrected chi connectivity index (χ1v) is 12.0. The predicted octanol–water partition coefficient (Wildman–Crippen LogP) is 3.55. The van der Waals surface area contributed by atoms with Crippen LogP contribution >= 0.6 is 11.8 Å². The van der Waals surface area contributed by atoms with Crippen LogP contribution in [0.15, 0.2) is 35.9 Å². The maximum atomic E-state index is 13.2. The van der Waals surface area contributed by atoms with Crippen LogP contribution in [0.5, 0.6) is 0 Å². The highest BCUT2D eigenvalue weighted by Crippen LogP contribution is 2.56. The summed E-state index contributed by atoms with van der Waals surface area (Å²) in [7, 11) is 0. The molecule has 1 saturated heterocycles. The molecule has 7 heteroatoms. The first kappa shape index (κ1) is 21.9. The van der Waals surface area contributed by atoms with Gasteiger partial charge in [0.1, 0.15) is 17.5 Å². The van der Waals surface area contributed by atoms with Crippen molar-refractivity contribution in [3.63, 3.8) is 0 Å². The molecule has 2 heterocycles. The summed E-state index contributed by atoms with van der Waals surface area (Å²) in [6.45, 7) is 6.25. The largest absolute Gasteiger partial charge is 0.354 e. The van der Waals surface area contributed by atoms with Gasteiger partial charge in [-0.05, 0) is 64.5 Å². The fourth-order valence-electron chi connectivity index (χ4n) is 4.79. The number of rotatable bonds is 6. The van der Waals surface area contributed by atoms with Gasteiger partial charge in [-0.1, -0.05) is 29.8 Å². The highest BCUT2D eigenvalue weighted by Gasteiger charge is 2.57. The minimum Gasteiger partial charge on any atom is -0.354 e. The highest BCUT2D eigenvalue weighted by molar-refractivity contribution is 8.01. The smallest absolute Gasteiger partial charge is 0.256 e. The second-order valence-electron chi connectivity index (χ2n) is 9.16. The van der Waals surface area contributed by atoms with Crippen LogP contribution in [0.4, 0.5) is 0 Å². The second-order valence-corrected chi connectivity index (χ2v) is 10.9. The number of nitrogens with zero attached hydrogens (tertiary/aromatic N) is 1. The zero-order valence-electron chi connectivity index (χ0n) is 18.4. The van der Waals surface area contributed by atoms with E-state index >= 15 is 0 Å². The molecule has 6 nitrogen and oxygen atoms in total. The van der Waals surface area contributed by atoms with Gasteiger partial charge in [-0.25, -0.2) is 0 Å². The molecule has 2 N–H and O–H groups in total. The normalized spacial score (nSPS) is 24.8. The summed E-state index contributed by atoms with van der Waals surface area (Å²) >= 11 is 1.62. The quantitative estimate of drug-likeness (QED) is 0.662. The van der Waals surface area contributed by atoms with E-state index < -0.39 is 16.8 Å². The van der Waals surface area contributed by atoms with Crippen molar-refractivity contribution < 1.29 is 14.4 Å². The lowest BCUT2D eigenvalue weighted by Gasteiger charge is -2.30. The molecular weight excluding hydrogens is 410 g/mol. The fraction of sp³-hybridized carbons (Fsp3) is 0.542. The first-order chi connectivity index (χ1) is 14.8. The lowest BCUT2D eigenvalue weighted by molar-refractivity contribution is -0.131. The Morgan fingerprint density at radius 1 is 1.26 bits per heavy atom. The van der Waals surface area contributed by atoms with Crippen molar-refractivity contribution in [3.8, 4) is 0 Å². The van der Waals surface area contributed by atoms with Crippen LogP contribution in [0.2, 0.25) is 0 Å². The second kappa shape index (κ2) is 8.69. The molecule has 1 aromatic carbocycles. The third-order valence-electron chi connectivity index (χ3n) is 6.43. The number of benzene rings is 1. The topological polar surface area (TPSA) is 78.5 Å². The average molecular weight is 442 g/mol. The van der Waals surface area contributed by atoms with Crippen LogP contribution in [-0.2, 0) is 9.59 Å². The number of nitrogens with one attached hydrogen (secondary N) is 2. The molecule has 3 unspecified atom stereocenters. The lowest BCUT2D eigenvalue weighted by atomic mass is 9.97. The number of fused-ring (bicyclic) bond motifs is 3. The maximum Gasteiger partial charge on any atom is 0.256 e. The summed E-state index contributed by atoms with van der Waals surface area (Å²) in [6.07, 6.45) is 7.86. The monoisotopic (exact) mass is 441 g/mol. The van der Waals surface area contributed by atoms with Crippen molar-refractivity contribution in [2.24, 2.45) is 0 Å². The Morgan fingerprint density at radius 3 is 2.77 bits per heavy atom. The summed E-state index contributed by atoms with van der Waals surface area (Å²) < 4.78 is -0.457. The van der Waals surface area contributed by atoms with E-state index in [0.29, 0.717) is 12.1 Å². The van der Waals surface area contributed by atoms with E-state index in [0.717, 1.165) is 24.8 Å². The minimum atomic E-state index is -0.659. The molecule has 0 bridgehead atoms. The van der Waals surface area contributed by atoms with E-state index in [1.807, 2.05) is 38.1 Å². The van der Waals surface area contributed by atoms with E-state index in [1.54, 1.807) is 23.6 Å². The highest BCUT2D eigenvalue weighted by atomic mass is 32.2. The van der Waals surface area contributed by atoms with Crippen molar-refractivity contribution in [3.05, 3.63) is 47.0 Å². The third kappa shape index (κ3) is 4.25. The van der Waals surface area contributed by atoms with E-state index in [1.165, 1.54) is 18.4 Å². The van der Waals surface area contributed by atoms with Crippen LogP contribution in [0.3, 0.4) is 0 Å². The van der Waals surface area contributed by atoms with Gasteiger partial charge in [0.25, 0.3) is 5.91 Å². The van der Waals surface area contributed by atoms with Crippen molar-refractivity contribution in [1.29, 1.82) is 0 Å². The summed E-state index contributed by atoms with van der Waals surface area (Å²) in [5, 5.41) is 5.62. The number of carbonyl (C=O) groups excluding carboxylic acids is 3. The predicted molar refractivity (Wildman–Crippen MR) is 123 cm³/mol. The SMILES string of the molecule is CC(NC(=O)C1N2C(=O)c3ccccc3C2SC1(C)C)C(=O)NCCC1=CCCCC1. The molecule has 4 rings (SSSR count). The Balaban J connectivity index is 1.38. The van der Waals surface area contributed by atoms with Gasteiger partial charge in [-0.3, -0.25) is 14.4 Å². The third-order valence-corrected chi connectivity index (χ3v) is 7.96. The number of hydrogen-bond acceptors (Lipinski definition) is 4. The lowest BCUT2D eigenvalue weighted by Crippen LogP contribution is -2.56. The van der Waals surface area contributed by atoms with Gasteiger partial charge >= 0.3 is 0 Å². The Morgan fingerprint density at radius 2 is 2.03 bits per heavy atom. The van der Waals surface area contributed by atoms with Gasteiger partial charge in [0, 0.05) is 16.9 Å². The zero-order valence-corrected chi connectivity index (χ0v) is 19.3. The number of thioether (sulfide) groups is 1. The standard InChI is InChI=1S/C24H31N3O3S/c1-15(20(28)25-14-13-16-9-5-4-6-10-16)26-21(29)19-24(2,3)31-23-18-12-8-7-11-17(18)22(30)27(19)23/h7-9,11-12,15,19,23H,4-6,10,13-14H2,1-3H3,(H,25,28)(H,26,29). The van der Waals surface area contributed by atoms with E-state index in [4.69, 9.17) is 0 Å². The molecule has 0 aromatic heterocycles. The molecule has 1 aromatic rings. The Bertz CT molecular complexity index is 926. The maximum absolute atomic E-state index is 13.2. The van der Waals surface area contributed by atoms with Gasteiger partial charge in [0.15, 0.2) is 0 Å². The fourth-order valence-corrected chi connectivity index (χ4v) is 6.38. The van der Waals surface area contributed by atoms with Crippen molar-refractivity contribution in [2.45, 2.75) is 75.1 Å². The van der Waals surface area contributed by atoms with Crippen molar-refractivity contribution in [2.75, 3.05) is 6.54 Å². The van der Waals surface area contributed by atoms with E-state index in [-0.39, 0.29) is 23.1 Å². The average Bonchev–Trinajstić information content (AvgIpc) is 3.18. The van der Waals surface area contributed by atoms with Crippen LogP contribution in [-0.4, -0.2) is 46.0 Å². The van der Waals surface area contributed by atoms with Crippen LogP contribution in [0.25, 0.3) is 0 Å². The molecule has 0 radical (unpaired) electrons. The summed E-state index contributed by atoms with van der Waals surface area (Å²) in [4.78, 5) is 40.5. The van der Waals surface area contributed by atoms with Crippen LogP contribution < -0.4 is 10.6 Å². The molecule has 3 atom stereocenters. The van der Waals surface area contributed by atoms with Gasteiger partial charge < -0.3 is 15.5 Å². The number of carbonyl (C=O) groups is 3. The van der Waals surface area contributed by atoms with Crippen LogP contribution in [0.1, 0.15) is 74.2 Å². The van der Waals surface area contributed by atoms with Gasteiger partial charge in [0.2, 0.25) is 11.8 Å². The molecular formula is C24H31N3O3S. The number of amides is 3. The van der Waals surface area contributed by atoms with Crippen molar-refractivity contribution >= 4 is 29.5 Å². The molecule has 1 fully saturated rings. The number of allylic oxidation sites excluding steroid dienone is 1. The minimum absolute atomic E-state index is 0.114.